The molecule has 2 aromatic rings. The molecule has 19 heavy (non-hydrogen) atoms. The molecule has 0 unspecified atom stereocenters. The third-order valence-corrected chi connectivity index (χ3v) is 4.47. The molecule has 0 aliphatic carbocycles. The van der Waals surface area contributed by atoms with E-state index in [0.717, 1.165) is 20.6 Å². The predicted molar refractivity (Wildman–Crippen MR) is 80.3 cm³/mol. The van der Waals surface area contributed by atoms with Crippen LogP contribution in [0.15, 0.2) is 52.1 Å². The fraction of sp³-hybridized carbons (Fsp3) is 0.143. The fourth-order valence-corrected chi connectivity index (χ4v) is 3.29. The molecular formula is C14H11BrN2OS. The van der Waals surface area contributed by atoms with Crippen molar-refractivity contribution in [3.63, 3.8) is 0 Å². The first-order valence-electron chi connectivity index (χ1n) is 5.85. The summed E-state index contributed by atoms with van der Waals surface area (Å²) in [6.07, 6.45) is 3.54. The van der Waals surface area contributed by atoms with Crippen LogP contribution in [0.2, 0.25) is 0 Å². The lowest BCUT2D eigenvalue weighted by molar-refractivity contribution is -0.116. The van der Waals surface area contributed by atoms with Crippen LogP contribution in [0.5, 0.6) is 0 Å². The number of amides is 1. The number of rotatable bonds is 2. The van der Waals surface area contributed by atoms with E-state index in [1.807, 2.05) is 35.2 Å². The second kappa shape index (κ2) is 5.35. The minimum Gasteiger partial charge on any atom is -0.306 e. The molecule has 1 aliphatic heterocycles. The zero-order valence-corrected chi connectivity index (χ0v) is 12.4. The van der Waals surface area contributed by atoms with Gasteiger partial charge in [0, 0.05) is 21.8 Å². The Morgan fingerprint density at radius 1 is 1.37 bits per heavy atom. The molecule has 3 rings (SSSR count). The molecule has 0 radical (unpaired) electrons. The summed E-state index contributed by atoms with van der Waals surface area (Å²) in [6.45, 7) is 0.566. The molecule has 1 aliphatic rings. The molecule has 0 fully saturated rings. The summed E-state index contributed by atoms with van der Waals surface area (Å²) in [7, 11) is 0. The molecule has 1 aromatic carbocycles. The topological polar surface area (TPSA) is 33.2 Å². The Labute approximate surface area is 124 Å². The number of benzene rings is 1. The molecule has 0 spiro atoms. The van der Waals surface area contributed by atoms with Gasteiger partial charge in [0.15, 0.2) is 0 Å². The van der Waals surface area contributed by atoms with Gasteiger partial charge in [-0.2, -0.15) is 0 Å². The van der Waals surface area contributed by atoms with Gasteiger partial charge in [0.25, 0.3) is 0 Å². The zero-order valence-electron chi connectivity index (χ0n) is 10.0. The van der Waals surface area contributed by atoms with Crippen molar-refractivity contribution in [2.24, 2.45) is 0 Å². The smallest absolute Gasteiger partial charge is 0.237 e. The lowest BCUT2D eigenvalue weighted by atomic mass is 10.2. The highest BCUT2D eigenvalue weighted by Gasteiger charge is 2.24. The van der Waals surface area contributed by atoms with Crippen LogP contribution >= 0.6 is 27.7 Å². The van der Waals surface area contributed by atoms with Crippen molar-refractivity contribution < 1.29 is 4.79 Å². The van der Waals surface area contributed by atoms with Crippen LogP contribution in [-0.2, 0) is 11.3 Å². The first-order chi connectivity index (χ1) is 9.24. The van der Waals surface area contributed by atoms with E-state index in [-0.39, 0.29) is 5.91 Å². The van der Waals surface area contributed by atoms with Crippen LogP contribution in [0.3, 0.4) is 0 Å². The molecule has 0 saturated carbocycles. The highest BCUT2D eigenvalue weighted by Crippen LogP contribution is 2.37. The molecule has 96 valence electrons. The summed E-state index contributed by atoms with van der Waals surface area (Å²) in [6, 6.07) is 9.92. The summed E-state index contributed by atoms with van der Waals surface area (Å²) < 4.78 is 0.984. The molecule has 2 heterocycles. The SMILES string of the molecule is O=C1CSc2ccc(Br)cc2N1Cc1cccnc1. The lowest BCUT2D eigenvalue weighted by Gasteiger charge is -2.29. The molecule has 0 bridgehead atoms. The van der Waals surface area contributed by atoms with Gasteiger partial charge in [-0.05, 0) is 29.8 Å². The van der Waals surface area contributed by atoms with Gasteiger partial charge >= 0.3 is 0 Å². The van der Waals surface area contributed by atoms with Gasteiger partial charge in [-0.15, -0.1) is 11.8 Å². The molecular weight excluding hydrogens is 324 g/mol. The number of fused-ring (bicyclic) bond motifs is 1. The van der Waals surface area contributed by atoms with Crippen molar-refractivity contribution in [3.8, 4) is 0 Å². The fourth-order valence-electron chi connectivity index (χ4n) is 2.02. The largest absolute Gasteiger partial charge is 0.306 e. The monoisotopic (exact) mass is 334 g/mol. The first kappa shape index (κ1) is 12.7. The third kappa shape index (κ3) is 2.67. The van der Waals surface area contributed by atoms with Crippen LogP contribution in [0.4, 0.5) is 5.69 Å². The van der Waals surface area contributed by atoms with Crippen molar-refractivity contribution in [1.29, 1.82) is 0 Å². The maximum atomic E-state index is 12.1. The number of anilines is 1. The average Bonchev–Trinajstić information content (AvgIpc) is 2.43. The lowest BCUT2D eigenvalue weighted by Crippen LogP contribution is -2.34. The van der Waals surface area contributed by atoms with Gasteiger partial charge in [-0.1, -0.05) is 22.0 Å². The summed E-state index contributed by atoms with van der Waals surface area (Å²) in [5.74, 6) is 0.633. The van der Waals surface area contributed by atoms with Gasteiger partial charge in [-0.25, -0.2) is 0 Å². The van der Waals surface area contributed by atoms with E-state index in [0.29, 0.717) is 12.3 Å². The van der Waals surface area contributed by atoms with E-state index in [1.165, 1.54) is 0 Å². The van der Waals surface area contributed by atoms with Crippen molar-refractivity contribution in [3.05, 3.63) is 52.8 Å². The minimum atomic E-state index is 0.138. The second-order valence-corrected chi connectivity index (χ2v) is 6.17. The Kier molecular flexibility index (Phi) is 3.57. The Hall–Kier alpha value is -1.33. The number of thioether (sulfide) groups is 1. The van der Waals surface area contributed by atoms with Gasteiger partial charge in [-0.3, -0.25) is 9.78 Å². The van der Waals surface area contributed by atoms with Crippen LogP contribution < -0.4 is 4.90 Å². The summed E-state index contributed by atoms with van der Waals surface area (Å²) >= 11 is 5.06. The number of nitrogens with zero attached hydrogens (tertiary/aromatic N) is 2. The highest BCUT2D eigenvalue weighted by molar-refractivity contribution is 9.10. The molecule has 5 heteroatoms. The molecule has 1 amide bonds. The number of aromatic nitrogens is 1. The molecule has 0 saturated heterocycles. The Bertz CT molecular complexity index is 618. The van der Waals surface area contributed by atoms with Crippen molar-refractivity contribution in [2.45, 2.75) is 11.4 Å². The Balaban J connectivity index is 1.97. The number of pyridine rings is 1. The van der Waals surface area contributed by atoms with Gasteiger partial charge in [0.1, 0.15) is 0 Å². The van der Waals surface area contributed by atoms with Crippen LogP contribution in [0.1, 0.15) is 5.56 Å². The molecule has 1 aromatic heterocycles. The van der Waals surface area contributed by atoms with Crippen LogP contribution in [0.25, 0.3) is 0 Å². The standard InChI is InChI=1S/C14H11BrN2OS/c15-11-3-4-13-12(6-11)17(14(18)9-19-13)8-10-2-1-5-16-7-10/h1-7H,8-9H2. The molecule has 3 nitrogen and oxygen atoms in total. The predicted octanol–water partition coefficient (Wildman–Crippen LogP) is 3.48. The van der Waals surface area contributed by atoms with Crippen molar-refractivity contribution >= 4 is 39.3 Å². The average molecular weight is 335 g/mol. The zero-order chi connectivity index (χ0) is 13.2. The van der Waals surface area contributed by atoms with E-state index in [9.17, 15) is 4.79 Å². The van der Waals surface area contributed by atoms with Gasteiger partial charge < -0.3 is 4.90 Å². The Morgan fingerprint density at radius 3 is 3.05 bits per heavy atom. The van der Waals surface area contributed by atoms with Crippen molar-refractivity contribution in [2.75, 3.05) is 10.7 Å². The maximum Gasteiger partial charge on any atom is 0.237 e. The van der Waals surface area contributed by atoms with E-state index in [2.05, 4.69) is 20.9 Å². The maximum absolute atomic E-state index is 12.1. The minimum absolute atomic E-state index is 0.138. The molecule has 0 atom stereocenters. The van der Waals surface area contributed by atoms with E-state index in [1.54, 1.807) is 24.2 Å². The summed E-state index contributed by atoms with van der Waals surface area (Å²) in [4.78, 5) is 19.2. The van der Waals surface area contributed by atoms with Crippen molar-refractivity contribution in [1.82, 2.24) is 4.98 Å². The number of hydrogen-bond acceptors (Lipinski definition) is 3. The van der Waals surface area contributed by atoms with Gasteiger partial charge in [0.2, 0.25) is 5.91 Å². The van der Waals surface area contributed by atoms with E-state index in [4.69, 9.17) is 0 Å². The normalized spacial score (nSPS) is 14.4. The summed E-state index contributed by atoms with van der Waals surface area (Å²) in [5, 5.41) is 0. The Morgan fingerprint density at radius 2 is 2.26 bits per heavy atom. The highest BCUT2D eigenvalue weighted by atomic mass is 79.9. The number of halogens is 1. The quantitative estimate of drug-likeness (QED) is 0.842. The third-order valence-electron chi connectivity index (χ3n) is 2.93. The van der Waals surface area contributed by atoms with Crippen LogP contribution in [-0.4, -0.2) is 16.6 Å². The number of carbonyl (C=O) groups excluding carboxylic acids is 1. The van der Waals surface area contributed by atoms with Crippen LogP contribution in [0, 0.1) is 0 Å². The van der Waals surface area contributed by atoms with E-state index < -0.39 is 0 Å². The number of carbonyl (C=O) groups is 1. The summed E-state index contributed by atoms with van der Waals surface area (Å²) in [5.41, 5.74) is 2.01. The second-order valence-electron chi connectivity index (χ2n) is 4.24. The molecule has 0 N–H and O–H groups in total. The number of hydrogen-bond donors (Lipinski definition) is 0. The first-order valence-corrected chi connectivity index (χ1v) is 7.63. The van der Waals surface area contributed by atoms with Gasteiger partial charge in [0.05, 0.1) is 18.0 Å². The van der Waals surface area contributed by atoms with E-state index >= 15 is 0 Å².